The summed E-state index contributed by atoms with van der Waals surface area (Å²) in [5.74, 6) is -4.25. The monoisotopic (exact) mass is 488 g/mol. The first-order chi connectivity index (χ1) is 15.7. The van der Waals surface area contributed by atoms with Gasteiger partial charge in [0, 0.05) is 10.6 Å². The highest BCUT2D eigenvalue weighted by Gasteiger charge is 2.33. The number of hydrogen-bond donors (Lipinski definition) is 4. The van der Waals surface area contributed by atoms with Gasteiger partial charge in [-0.3, -0.25) is 14.4 Å². The molecule has 1 aliphatic rings. The van der Waals surface area contributed by atoms with Crippen molar-refractivity contribution in [3.8, 4) is 0 Å². The summed E-state index contributed by atoms with van der Waals surface area (Å²) in [5, 5.41) is 24.0. The van der Waals surface area contributed by atoms with Gasteiger partial charge in [0.2, 0.25) is 11.8 Å². The molecule has 10 heteroatoms. The van der Waals surface area contributed by atoms with Crippen LogP contribution in [0.4, 0.5) is 11.4 Å². The van der Waals surface area contributed by atoms with Crippen LogP contribution in [0.25, 0.3) is 0 Å². The van der Waals surface area contributed by atoms with Crippen molar-refractivity contribution in [1.82, 2.24) is 0 Å². The van der Waals surface area contributed by atoms with E-state index in [0.29, 0.717) is 23.4 Å². The highest BCUT2D eigenvalue weighted by atomic mass is 35.5. The Balaban J connectivity index is 1.59. The molecule has 0 aromatic heterocycles. The summed E-state index contributed by atoms with van der Waals surface area (Å²) < 4.78 is 0. The van der Waals surface area contributed by atoms with Crippen LogP contribution in [0.1, 0.15) is 23.2 Å². The molecule has 172 valence electrons. The Kier molecular flexibility index (Phi) is 8.13. The molecule has 0 heterocycles. The lowest BCUT2D eigenvalue weighted by molar-refractivity contribution is -0.146. The van der Waals surface area contributed by atoms with Crippen LogP contribution in [0.15, 0.2) is 59.5 Å². The van der Waals surface area contributed by atoms with Gasteiger partial charge in [0.1, 0.15) is 0 Å². The second-order valence-corrected chi connectivity index (χ2v) is 8.80. The molecule has 0 aliphatic heterocycles. The molecule has 8 nitrogen and oxygen atoms in total. The van der Waals surface area contributed by atoms with E-state index in [1.807, 2.05) is 6.08 Å². The van der Waals surface area contributed by atoms with E-state index in [4.69, 9.17) is 16.7 Å². The molecule has 0 saturated carbocycles. The number of nitrogens with one attached hydrogen (secondary N) is 2. The van der Waals surface area contributed by atoms with Crippen LogP contribution in [0.5, 0.6) is 0 Å². The lowest BCUT2D eigenvalue weighted by atomic mass is 9.82. The van der Waals surface area contributed by atoms with Crippen LogP contribution in [0.2, 0.25) is 5.02 Å². The smallest absolute Gasteiger partial charge is 0.335 e. The van der Waals surface area contributed by atoms with Crippen molar-refractivity contribution in [2.45, 2.75) is 17.7 Å². The Labute approximate surface area is 199 Å². The first-order valence-corrected chi connectivity index (χ1v) is 11.3. The van der Waals surface area contributed by atoms with Gasteiger partial charge in [0.25, 0.3) is 0 Å². The number of carboxylic acid groups (broad SMARTS) is 2. The van der Waals surface area contributed by atoms with Gasteiger partial charge in [0.05, 0.1) is 33.9 Å². The molecule has 2 unspecified atom stereocenters. The number of aromatic carboxylic acids is 1. The summed E-state index contributed by atoms with van der Waals surface area (Å²) in [7, 11) is 0. The van der Waals surface area contributed by atoms with E-state index >= 15 is 0 Å². The summed E-state index contributed by atoms with van der Waals surface area (Å²) in [5.41, 5.74) is 0.711. The van der Waals surface area contributed by atoms with Crippen LogP contribution in [-0.2, 0) is 14.4 Å². The minimum absolute atomic E-state index is 0.00406. The average molecular weight is 489 g/mol. The van der Waals surface area contributed by atoms with Gasteiger partial charge < -0.3 is 20.8 Å². The zero-order valence-corrected chi connectivity index (χ0v) is 18.9. The Morgan fingerprint density at radius 2 is 1.70 bits per heavy atom. The number of carbonyl (C=O) groups excluding carboxylic acids is 2. The van der Waals surface area contributed by atoms with Crippen molar-refractivity contribution < 1.29 is 29.4 Å². The van der Waals surface area contributed by atoms with E-state index in [-0.39, 0.29) is 33.8 Å². The summed E-state index contributed by atoms with van der Waals surface area (Å²) >= 11 is 7.25. The summed E-state index contributed by atoms with van der Waals surface area (Å²) in [6, 6.07) is 10.9. The summed E-state index contributed by atoms with van der Waals surface area (Å²) in [4.78, 5) is 48.2. The van der Waals surface area contributed by atoms with Gasteiger partial charge in [-0.2, -0.15) is 0 Å². The molecule has 0 saturated heterocycles. The molecule has 0 bridgehead atoms. The standard InChI is InChI=1S/C23H21ClN2O6S/c24-18-9-8-13(22(29)30)10-19(18)26-20(27)12-33-15-5-3-4-14(11-15)25-21(28)16-6-1-2-7-17(16)23(31)32/h1-5,8-11,16-17H,6-7,12H2,(H,25,28)(H,26,27)(H,29,30)(H,31,32). The number of carboxylic acids is 2. The number of rotatable bonds is 8. The largest absolute Gasteiger partial charge is 0.481 e. The van der Waals surface area contributed by atoms with Crippen molar-refractivity contribution in [2.24, 2.45) is 11.8 Å². The molecule has 2 amide bonds. The molecule has 1 aliphatic carbocycles. The number of benzene rings is 2. The maximum absolute atomic E-state index is 12.6. The van der Waals surface area contributed by atoms with E-state index in [0.717, 1.165) is 0 Å². The third kappa shape index (κ3) is 6.59. The maximum Gasteiger partial charge on any atom is 0.335 e. The minimum atomic E-state index is -1.13. The van der Waals surface area contributed by atoms with Crippen molar-refractivity contribution >= 4 is 58.5 Å². The Morgan fingerprint density at radius 1 is 0.970 bits per heavy atom. The fraction of sp³-hybridized carbons (Fsp3) is 0.217. The Bertz CT molecular complexity index is 1120. The molecule has 3 rings (SSSR count). The van der Waals surface area contributed by atoms with Gasteiger partial charge in [-0.1, -0.05) is 29.8 Å². The SMILES string of the molecule is O=C(CSc1cccc(NC(=O)C2CC=CCC2C(=O)O)c1)Nc1cc(C(=O)O)ccc1Cl. The zero-order chi connectivity index (χ0) is 24.0. The Morgan fingerprint density at radius 3 is 2.39 bits per heavy atom. The number of carbonyl (C=O) groups is 4. The lowest BCUT2D eigenvalue weighted by Gasteiger charge is -2.24. The van der Waals surface area contributed by atoms with E-state index in [1.54, 1.807) is 30.3 Å². The maximum atomic E-state index is 12.6. The van der Waals surface area contributed by atoms with E-state index in [9.17, 15) is 24.3 Å². The van der Waals surface area contributed by atoms with Crippen molar-refractivity contribution in [2.75, 3.05) is 16.4 Å². The fourth-order valence-corrected chi connectivity index (χ4v) is 4.28. The first-order valence-electron chi connectivity index (χ1n) is 9.99. The third-order valence-electron chi connectivity index (χ3n) is 5.05. The lowest BCUT2D eigenvalue weighted by Crippen LogP contribution is -2.34. The molecule has 33 heavy (non-hydrogen) atoms. The number of aliphatic carboxylic acids is 1. The van der Waals surface area contributed by atoms with Crippen molar-refractivity contribution in [3.63, 3.8) is 0 Å². The molecule has 0 spiro atoms. The van der Waals surface area contributed by atoms with Gasteiger partial charge in [-0.05, 0) is 49.2 Å². The highest BCUT2D eigenvalue weighted by molar-refractivity contribution is 8.00. The number of hydrogen-bond acceptors (Lipinski definition) is 5. The molecule has 0 radical (unpaired) electrons. The second-order valence-electron chi connectivity index (χ2n) is 7.35. The molecule has 0 fully saturated rings. The number of anilines is 2. The van der Waals surface area contributed by atoms with Crippen LogP contribution in [-0.4, -0.2) is 39.7 Å². The quantitative estimate of drug-likeness (QED) is 0.320. The van der Waals surface area contributed by atoms with Crippen LogP contribution in [0.3, 0.4) is 0 Å². The normalized spacial score (nSPS) is 17.2. The highest BCUT2D eigenvalue weighted by Crippen LogP contribution is 2.29. The van der Waals surface area contributed by atoms with Gasteiger partial charge in [0.15, 0.2) is 0 Å². The minimum Gasteiger partial charge on any atom is -0.481 e. The number of thioether (sulfide) groups is 1. The van der Waals surface area contributed by atoms with Crippen molar-refractivity contribution in [1.29, 1.82) is 0 Å². The Hall–Kier alpha value is -3.30. The van der Waals surface area contributed by atoms with Crippen LogP contribution >= 0.6 is 23.4 Å². The topological polar surface area (TPSA) is 133 Å². The predicted octanol–water partition coefficient (Wildman–Crippen LogP) is 4.37. The van der Waals surface area contributed by atoms with Crippen molar-refractivity contribution in [3.05, 3.63) is 65.2 Å². The molecular weight excluding hydrogens is 468 g/mol. The average Bonchev–Trinajstić information content (AvgIpc) is 2.79. The van der Waals surface area contributed by atoms with Gasteiger partial charge in [-0.25, -0.2) is 4.79 Å². The van der Waals surface area contributed by atoms with Crippen LogP contribution in [0, 0.1) is 11.8 Å². The zero-order valence-electron chi connectivity index (χ0n) is 17.3. The van der Waals surface area contributed by atoms with E-state index in [2.05, 4.69) is 10.6 Å². The molecule has 2 atom stereocenters. The summed E-state index contributed by atoms with van der Waals surface area (Å²) in [6.07, 6.45) is 4.27. The molecular formula is C23H21ClN2O6S. The summed E-state index contributed by atoms with van der Waals surface area (Å²) in [6.45, 7) is 0. The second kappa shape index (κ2) is 11.0. The van der Waals surface area contributed by atoms with E-state index < -0.39 is 23.8 Å². The van der Waals surface area contributed by atoms with Gasteiger partial charge >= 0.3 is 11.9 Å². The van der Waals surface area contributed by atoms with Gasteiger partial charge in [-0.15, -0.1) is 11.8 Å². The number of amides is 2. The fourth-order valence-electron chi connectivity index (χ4n) is 3.36. The molecule has 4 N–H and O–H groups in total. The first kappa shape index (κ1) is 24.3. The number of allylic oxidation sites excluding steroid dienone is 2. The van der Waals surface area contributed by atoms with E-state index in [1.165, 1.54) is 30.0 Å². The van der Waals surface area contributed by atoms with Crippen LogP contribution < -0.4 is 10.6 Å². The molecule has 2 aromatic rings. The third-order valence-corrected chi connectivity index (χ3v) is 6.37. The number of halogens is 1. The molecule has 2 aromatic carbocycles. The predicted molar refractivity (Wildman–Crippen MR) is 126 cm³/mol.